The molecule has 3 aromatic rings. The van der Waals surface area contributed by atoms with Crippen molar-refractivity contribution in [1.29, 1.82) is 0 Å². The largest absolute Gasteiger partial charge is 0.278 e. The smallest absolute Gasteiger partial charge is 0.271 e. The van der Waals surface area contributed by atoms with Crippen LogP contribution in [0.15, 0.2) is 76.7 Å². The zero-order valence-electron chi connectivity index (χ0n) is 15.1. The first-order valence-corrected chi connectivity index (χ1v) is 10.3. The molecule has 6 nitrogen and oxygen atoms in total. The van der Waals surface area contributed by atoms with Gasteiger partial charge in [-0.3, -0.25) is 9.52 Å². The number of hydrazone groups is 1. The number of carbonyl (C=O) groups is 1. The molecule has 0 spiro atoms. The van der Waals surface area contributed by atoms with Crippen LogP contribution in [-0.4, -0.2) is 20.5 Å². The van der Waals surface area contributed by atoms with Crippen molar-refractivity contribution < 1.29 is 22.0 Å². The number of amides is 1. The van der Waals surface area contributed by atoms with Crippen molar-refractivity contribution in [3.05, 3.63) is 94.5 Å². The van der Waals surface area contributed by atoms with E-state index < -0.39 is 27.6 Å². The Hall–Kier alpha value is -3.30. The maximum absolute atomic E-state index is 13.2. The molecule has 0 aromatic heterocycles. The number of para-hydroxylation sites is 1. The van der Waals surface area contributed by atoms with Crippen molar-refractivity contribution in [2.45, 2.75) is 4.90 Å². The average molecular weight is 450 g/mol. The van der Waals surface area contributed by atoms with Crippen LogP contribution < -0.4 is 10.1 Å². The molecule has 2 N–H and O–H groups in total. The van der Waals surface area contributed by atoms with Crippen LogP contribution in [0.2, 0.25) is 5.02 Å². The highest BCUT2D eigenvalue weighted by Crippen LogP contribution is 2.24. The minimum absolute atomic E-state index is 0.0273. The quantitative estimate of drug-likeness (QED) is 0.437. The van der Waals surface area contributed by atoms with Crippen LogP contribution in [0.5, 0.6) is 0 Å². The number of anilines is 1. The van der Waals surface area contributed by atoms with Crippen LogP contribution in [0.1, 0.15) is 15.9 Å². The van der Waals surface area contributed by atoms with Crippen LogP contribution in [0.4, 0.5) is 14.5 Å². The van der Waals surface area contributed by atoms with Gasteiger partial charge < -0.3 is 0 Å². The molecule has 0 heterocycles. The van der Waals surface area contributed by atoms with Crippen molar-refractivity contribution in [2.24, 2.45) is 5.10 Å². The Labute approximate surface area is 176 Å². The summed E-state index contributed by atoms with van der Waals surface area (Å²) in [7, 11) is -3.99. The van der Waals surface area contributed by atoms with Gasteiger partial charge in [0.25, 0.3) is 15.9 Å². The fraction of sp³-hybridized carbons (Fsp3) is 0. The van der Waals surface area contributed by atoms with Gasteiger partial charge in [0.05, 0.1) is 21.8 Å². The second kappa shape index (κ2) is 9.02. The Bertz CT molecular complexity index is 1230. The number of rotatable bonds is 6. The monoisotopic (exact) mass is 449 g/mol. The lowest BCUT2D eigenvalue weighted by Gasteiger charge is -2.10. The van der Waals surface area contributed by atoms with Gasteiger partial charge in [-0.15, -0.1) is 0 Å². The van der Waals surface area contributed by atoms with Gasteiger partial charge in [-0.1, -0.05) is 35.9 Å². The maximum atomic E-state index is 13.2. The predicted octanol–water partition coefficient (Wildman–Crippen LogP) is 4.18. The minimum Gasteiger partial charge on any atom is -0.278 e. The third-order valence-corrected chi connectivity index (χ3v) is 5.54. The number of hydrogen-bond donors (Lipinski definition) is 2. The Balaban J connectivity index is 1.74. The van der Waals surface area contributed by atoms with Crippen molar-refractivity contribution in [1.82, 2.24) is 5.43 Å². The van der Waals surface area contributed by atoms with E-state index in [9.17, 15) is 22.0 Å². The lowest BCUT2D eigenvalue weighted by molar-refractivity contribution is 0.0955. The molecule has 0 fully saturated rings. The number of benzene rings is 3. The Morgan fingerprint density at radius 2 is 1.73 bits per heavy atom. The van der Waals surface area contributed by atoms with Crippen molar-refractivity contribution >= 4 is 39.4 Å². The van der Waals surface area contributed by atoms with Gasteiger partial charge in [0, 0.05) is 5.56 Å². The molecular formula is C20H14ClF2N3O3S. The lowest BCUT2D eigenvalue weighted by atomic mass is 10.2. The standard InChI is InChI=1S/C20H14ClF2N3O3S/c21-16-6-1-2-7-19(16)26-30(28,29)15-5-3-4-14(11-15)20(27)25-24-12-13-8-9-17(22)18(23)10-13/h1-12,26H,(H,25,27)/b24-12+. The van der Waals surface area contributed by atoms with Crippen LogP contribution in [-0.2, 0) is 10.0 Å². The van der Waals surface area contributed by atoms with E-state index in [-0.39, 0.29) is 26.7 Å². The molecule has 3 aromatic carbocycles. The number of sulfonamides is 1. The van der Waals surface area contributed by atoms with Gasteiger partial charge >= 0.3 is 0 Å². The first-order chi connectivity index (χ1) is 14.3. The highest BCUT2D eigenvalue weighted by Gasteiger charge is 2.17. The van der Waals surface area contributed by atoms with Gasteiger partial charge in [0.2, 0.25) is 0 Å². The van der Waals surface area contributed by atoms with E-state index in [0.717, 1.165) is 18.3 Å². The molecule has 0 aliphatic carbocycles. The fourth-order valence-corrected chi connectivity index (χ4v) is 3.74. The molecule has 30 heavy (non-hydrogen) atoms. The highest BCUT2D eigenvalue weighted by atomic mass is 35.5. The minimum atomic E-state index is -3.99. The zero-order valence-corrected chi connectivity index (χ0v) is 16.7. The molecule has 0 aliphatic rings. The normalized spacial score (nSPS) is 11.4. The molecule has 0 aliphatic heterocycles. The molecule has 0 saturated heterocycles. The van der Waals surface area contributed by atoms with Gasteiger partial charge in [0.1, 0.15) is 0 Å². The fourth-order valence-electron chi connectivity index (χ4n) is 2.37. The number of halogens is 3. The summed E-state index contributed by atoms with van der Waals surface area (Å²) in [6, 6.07) is 14.7. The van der Waals surface area contributed by atoms with Crippen LogP contribution >= 0.6 is 11.6 Å². The second-order valence-electron chi connectivity index (χ2n) is 5.99. The molecule has 0 atom stereocenters. The van der Waals surface area contributed by atoms with Crippen molar-refractivity contribution in [3.8, 4) is 0 Å². The molecule has 154 valence electrons. The maximum Gasteiger partial charge on any atom is 0.271 e. The number of nitrogens with zero attached hydrogens (tertiary/aromatic N) is 1. The number of nitrogens with one attached hydrogen (secondary N) is 2. The molecule has 0 unspecified atom stereocenters. The first-order valence-electron chi connectivity index (χ1n) is 8.42. The predicted molar refractivity (Wildman–Crippen MR) is 110 cm³/mol. The summed E-state index contributed by atoms with van der Waals surface area (Å²) in [5.41, 5.74) is 2.65. The summed E-state index contributed by atoms with van der Waals surface area (Å²) < 4.78 is 53.6. The third kappa shape index (κ3) is 5.19. The summed E-state index contributed by atoms with van der Waals surface area (Å²) >= 11 is 5.97. The Kier molecular flexibility index (Phi) is 6.43. The van der Waals surface area contributed by atoms with Crippen molar-refractivity contribution in [2.75, 3.05) is 4.72 Å². The third-order valence-electron chi connectivity index (χ3n) is 3.85. The molecule has 1 amide bonds. The van der Waals surface area contributed by atoms with E-state index in [1.165, 1.54) is 42.5 Å². The van der Waals surface area contributed by atoms with E-state index in [1.54, 1.807) is 12.1 Å². The van der Waals surface area contributed by atoms with Gasteiger partial charge in [-0.2, -0.15) is 5.10 Å². The SMILES string of the molecule is O=C(N/N=C/c1ccc(F)c(F)c1)c1cccc(S(=O)(=O)Nc2ccccc2Cl)c1. The van der Waals surface area contributed by atoms with Crippen LogP contribution in [0.3, 0.4) is 0 Å². The number of hydrogen-bond acceptors (Lipinski definition) is 4. The summed E-state index contributed by atoms with van der Waals surface area (Å²) in [6.45, 7) is 0. The van der Waals surface area contributed by atoms with Crippen molar-refractivity contribution in [3.63, 3.8) is 0 Å². The molecular weight excluding hydrogens is 436 g/mol. The molecule has 0 radical (unpaired) electrons. The average Bonchev–Trinajstić information content (AvgIpc) is 2.72. The Morgan fingerprint density at radius 3 is 2.47 bits per heavy atom. The van der Waals surface area contributed by atoms with Gasteiger partial charge in [0.15, 0.2) is 11.6 Å². The van der Waals surface area contributed by atoms with Gasteiger partial charge in [-0.05, 0) is 48.0 Å². The second-order valence-corrected chi connectivity index (χ2v) is 8.08. The van der Waals surface area contributed by atoms with Gasteiger partial charge in [-0.25, -0.2) is 22.6 Å². The molecule has 0 saturated carbocycles. The zero-order chi connectivity index (χ0) is 21.7. The molecule has 0 bridgehead atoms. The first kappa shape index (κ1) is 21.4. The van der Waals surface area contributed by atoms with E-state index in [1.807, 2.05) is 0 Å². The van der Waals surface area contributed by atoms with Crippen LogP contribution in [0.25, 0.3) is 0 Å². The highest BCUT2D eigenvalue weighted by molar-refractivity contribution is 7.92. The summed E-state index contributed by atoms with van der Waals surface area (Å²) in [6.07, 6.45) is 1.12. The van der Waals surface area contributed by atoms with Crippen LogP contribution in [0, 0.1) is 11.6 Å². The molecule has 3 rings (SSSR count). The van der Waals surface area contributed by atoms with E-state index >= 15 is 0 Å². The summed E-state index contributed by atoms with van der Waals surface area (Å²) in [5.74, 6) is -2.74. The lowest BCUT2D eigenvalue weighted by Crippen LogP contribution is -2.19. The summed E-state index contributed by atoms with van der Waals surface area (Å²) in [4.78, 5) is 12.1. The van der Waals surface area contributed by atoms with E-state index in [2.05, 4.69) is 15.2 Å². The number of carbonyl (C=O) groups excluding carboxylic acids is 1. The topological polar surface area (TPSA) is 87.6 Å². The van der Waals surface area contributed by atoms with E-state index in [4.69, 9.17) is 11.6 Å². The Morgan fingerprint density at radius 1 is 0.967 bits per heavy atom. The van der Waals surface area contributed by atoms with E-state index in [0.29, 0.717) is 0 Å². The summed E-state index contributed by atoms with van der Waals surface area (Å²) in [5, 5.41) is 3.89. The molecule has 10 heteroatoms.